The second-order valence-electron chi connectivity index (χ2n) is 6.79. The Kier molecular flexibility index (Phi) is 3.87. The minimum Gasteiger partial charge on any atom is -0.347 e. The van der Waals surface area contributed by atoms with Crippen molar-refractivity contribution in [1.29, 1.82) is 0 Å². The van der Waals surface area contributed by atoms with Gasteiger partial charge < -0.3 is 14.4 Å². The maximum Gasteiger partial charge on any atom is 0.255 e. The molecular formula is C19H19N5O3. The lowest BCUT2D eigenvalue weighted by Crippen LogP contribution is -2.47. The highest BCUT2D eigenvalue weighted by Crippen LogP contribution is 2.31. The van der Waals surface area contributed by atoms with Crippen LogP contribution in [0.4, 0.5) is 0 Å². The number of hydrogen-bond acceptors (Lipinski definition) is 6. The van der Waals surface area contributed by atoms with Crippen LogP contribution in [0.5, 0.6) is 0 Å². The van der Waals surface area contributed by atoms with Crippen LogP contribution in [0.3, 0.4) is 0 Å². The molecular weight excluding hydrogens is 346 g/mol. The zero-order valence-electron chi connectivity index (χ0n) is 14.7. The van der Waals surface area contributed by atoms with Crippen molar-refractivity contribution in [1.82, 2.24) is 24.5 Å². The summed E-state index contributed by atoms with van der Waals surface area (Å²) in [7, 11) is 0. The van der Waals surface area contributed by atoms with Crippen LogP contribution in [0.15, 0.2) is 42.7 Å². The van der Waals surface area contributed by atoms with Gasteiger partial charge in [-0.3, -0.25) is 9.20 Å². The first-order chi connectivity index (χ1) is 13.2. The molecule has 8 nitrogen and oxygen atoms in total. The quantitative estimate of drug-likeness (QED) is 0.688. The normalized spacial score (nSPS) is 19.0. The molecule has 3 aromatic rings. The summed E-state index contributed by atoms with van der Waals surface area (Å²) in [5.74, 6) is 0.810. The first kappa shape index (κ1) is 16.3. The number of amides is 1. The number of aromatic nitrogens is 4. The van der Waals surface area contributed by atoms with Gasteiger partial charge in [0.25, 0.3) is 11.7 Å². The van der Waals surface area contributed by atoms with E-state index in [4.69, 9.17) is 9.47 Å². The molecule has 1 spiro atoms. The zero-order chi connectivity index (χ0) is 18.3. The number of ether oxygens (including phenoxy) is 2. The second kappa shape index (κ2) is 6.40. The van der Waals surface area contributed by atoms with Gasteiger partial charge in [-0.1, -0.05) is 12.1 Å². The molecule has 2 fully saturated rings. The predicted octanol–water partition coefficient (Wildman–Crippen LogP) is 1.77. The average molecular weight is 365 g/mol. The Morgan fingerprint density at radius 1 is 1.04 bits per heavy atom. The Labute approximate surface area is 155 Å². The van der Waals surface area contributed by atoms with Crippen LogP contribution in [-0.4, -0.2) is 62.5 Å². The topological polar surface area (TPSA) is 81.9 Å². The summed E-state index contributed by atoms with van der Waals surface area (Å²) in [6, 6.07) is 9.29. The molecule has 1 amide bonds. The van der Waals surface area contributed by atoms with E-state index in [1.807, 2.05) is 45.8 Å². The van der Waals surface area contributed by atoms with Gasteiger partial charge in [-0.15, -0.1) is 10.2 Å². The van der Waals surface area contributed by atoms with Crippen molar-refractivity contribution >= 4 is 11.7 Å². The van der Waals surface area contributed by atoms with Crippen LogP contribution in [0, 0.1) is 0 Å². The van der Waals surface area contributed by atoms with Gasteiger partial charge in [0, 0.05) is 49.5 Å². The van der Waals surface area contributed by atoms with E-state index < -0.39 is 5.79 Å². The molecule has 0 radical (unpaired) electrons. The van der Waals surface area contributed by atoms with E-state index in [-0.39, 0.29) is 5.91 Å². The number of carbonyl (C=O) groups is 1. The predicted molar refractivity (Wildman–Crippen MR) is 96.0 cm³/mol. The van der Waals surface area contributed by atoms with E-state index in [0.29, 0.717) is 43.5 Å². The number of likely N-dealkylation sites (tertiary alicyclic amines) is 1. The van der Waals surface area contributed by atoms with Crippen LogP contribution < -0.4 is 0 Å². The molecule has 2 aliphatic heterocycles. The fourth-order valence-corrected chi connectivity index (χ4v) is 3.72. The monoisotopic (exact) mass is 365 g/mol. The summed E-state index contributed by atoms with van der Waals surface area (Å²) in [6.45, 7) is 2.56. The molecule has 5 rings (SSSR count). The van der Waals surface area contributed by atoms with Gasteiger partial charge in [-0.05, 0) is 18.2 Å². The molecule has 0 unspecified atom stereocenters. The molecule has 0 saturated carbocycles. The van der Waals surface area contributed by atoms with Gasteiger partial charge in [0.2, 0.25) is 0 Å². The standard InChI is InChI=1S/C19H19N5O3/c25-17(23-10-6-19(7-11-23)26-12-13-27-19)15-4-2-14(3-5-15)16-21-22-18-20-8-1-9-24(16)18/h1-5,8-9H,6-7,10-13H2. The fraction of sp³-hybridized carbons (Fsp3) is 0.368. The van der Waals surface area contributed by atoms with Gasteiger partial charge in [0.05, 0.1) is 13.2 Å². The molecule has 2 aliphatic rings. The number of fused-ring (bicyclic) bond motifs is 1. The summed E-state index contributed by atoms with van der Waals surface area (Å²) < 4.78 is 13.3. The van der Waals surface area contributed by atoms with Gasteiger partial charge in [-0.25, -0.2) is 4.98 Å². The van der Waals surface area contributed by atoms with Crippen molar-refractivity contribution < 1.29 is 14.3 Å². The minimum absolute atomic E-state index is 0.0298. The summed E-state index contributed by atoms with van der Waals surface area (Å²) >= 11 is 0. The van der Waals surface area contributed by atoms with Crippen LogP contribution >= 0.6 is 0 Å². The van der Waals surface area contributed by atoms with E-state index >= 15 is 0 Å². The van der Waals surface area contributed by atoms with Gasteiger partial charge in [-0.2, -0.15) is 0 Å². The lowest BCUT2D eigenvalue weighted by molar-refractivity contribution is -0.181. The molecule has 0 bridgehead atoms. The molecule has 0 aliphatic carbocycles. The minimum atomic E-state index is -0.469. The molecule has 0 atom stereocenters. The number of nitrogens with zero attached hydrogens (tertiary/aromatic N) is 5. The number of rotatable bonds is 2. The Morgan fingerprint density at radius 3 is 2.52 bits per heavy atom. The number of carbonyl (C=O) groups excluding carboxylic acids is 1. The highest BCUT2D eigenvalue weighted by atomic mass is 16.7. The molecule has 27 heavy (non-hydrogen) atoms. The van der Waals surface area contributed by atoms with Crippen LogP contribution in [0.1, 0.15) is 23.2 Å². The van der Waals surface area contributed by atoms with Gasteiger partial charge >= 0.3 is 0 Å². The SMILES string of the molecule is O=C(c1ccc(-c2nnc3ncccn23)cc1)N1CCC2(CC1)OCCO2. The fourth-order valence-electron chi connectivity index (χ4n) is 3.72. The summed E-state index contributed by atoms with van der Waals surface area (Å²) in [4.78, 5) is 18.8. The van der Waals surface area contributed by atoms with Gasteiger partial charge in [0.1, 0.15) is 0 Å². The highest BCUT2D eigenvalue weighted by molar-refractivity contribution is 5.94. The van der Waals surface area contributed by atoms with Crippen LogP contribution in [0.2, 0.25) is 0 Å². The first-order valence-electron chi connectivity index (χ1n) is 9.08. The van der Waals surface area contributed by atoms with E-state index in [9.17, 15) is 4.79 Å². The average Bonchev–Trinajstić information content (AvgIpc) is 3.36. The summed E-state index contributed by atoms with van der Waals surface area (Å²) in [6.07, 6.45) is 4.98. The smallest absolute Gasteiger partial charge is 0.255 e. The molecule has 4 heterocycles. The lowest BCUT2D eigenvalue weighted by Gasteiger charge is -2.37. The number of benzene rings is 1. The summed E-state index contributed by atoms with van der Waals surface area (Å²) in [5, 5.41) is 8.26. The molecule has 1 aromatic carbocycles. The molecule has 8 heteroatoms. The molecule has 2 saturated heterocycles. The van der Waals surface area contributed by atoms with E-state index in [0.717, 1.165) is 18.4 Å². The van der Waals surface area contributed by atoms with Crippen molar-refractivity contribution in [2.75, 3.05) is 26.3 Å². The Morgan fingerprint density at radius 2 is 1.78 bits per heavy atom. The maximum absolute atomic E-state index is 12.8. The zero-order valence-corrected chi connectivity index (χ0v) is 14.7. The van der Waals surface area contributed by atoms with Crippen molar-refractivity contribution in [3.8, 4) is 11.4 Å². The van der Waals surface area contributed by atoms with Crippen molar-refractivity contribution in [3.63, 3.8) is 0 Å². The third-order valence-corrected chi connectivity index (χ3v) is 5.21. The molecule has 2 aromatic heterocycles. The molecule has 0 N–H and O–H groups in total. The maximum atomic E-state index is 12.8. The summed E-state index contributed by atoms with van der Waals surface area (Å²) in [5.41, 5.74) is 1.55. The Balaban J connectivity index is 1.32. The van der Waals surface area contributed by atoms with Crippen molar-refractivity contribution in [2.24, 2.45) is 0 Å². The lowest BCUT2D eigenvalue weighted by atomic mass is 10.0. The third kappa shape index (κ3) is 2.87. The Bertz CT molecular complexity index is 968. The number of hydrogen-bond donors (Lipinski definition) is 0. The van der Waals surface area contributed by atoms with Crippen LogP contribution in [-0.2, 0) is 9.47 Å². The van der Waals surface area contributed by atoms with E-state index in [1.165, 1.54) is 0 Å². The molecule has 138 valence electrons. The first-order valence-corrected chi connectivity index (χ1v) is 9.08. The van der Waals surface area contributed by atoms with Gasteiger partial charge in [0.15, 0.2) is 11.6 Å². The van der Waals surface area contributed by atoms with Crippen molar-refractivity contribution in [2.45, 2.75) is 18.6 Å². The third-order valence-electron chi connectivity index (χ3n) is 5.21. The van der Waals surface area contributed by atoms with E-state index in [1.54, 1.807) is 6.20 Å². The second-order valence-corrected chi connectivity index (χ2v) is 6.79. The number of piperidine rings is 1. The van der Waals surface area contributed by atoms with Crippen LogP contribution in [0.25, 0.3) is 17.2 Å². The highest BCUT2D eigenvalue weighted by Gasteiger charge is 2.40. The van der Waals surface area contributed by atoms with Crippen molar-refractivity contribution in [3.05, 3.63) is 48.3 Å². The van der Waals surface area contributed by atoms with E-state index in [2.05, 4.69) is 15.2 Å². The largest absolute Gasteiger partial charge is 0.347 e. The Hall–Kier alpha value is -2.84.